The molecule has 2 aromatic rings. The van der Waals surface area contributed by atoms with E-state index in [9.17, 15) is 0 Å². The van der Waals surface area contributed by atoms with Gasteiger partial charge in [0, 0.05) is 24.9 Å². The molecule has 2 aromatic heterocycles. The molecule has 0 spiro atoms. The normalized spacial score (nSPS) is 12.7. The second-order valence-electron chi connectivity index (χ2n) is 3.17. The molecule has 0 saturated carbocycles. The molecule has 0 radical (unpaired) electrons. The standard InChI is InChI=1S/C9H11N5O/c1-6(5-10)9-13-8(14-15-9)7-11-3-2-4-12-7/h2-4,6H,5,10H2,1H3. The van der Waals surface area contributed by atoms with Crippen molar-refractivity contribution < 1.29 is 4.52 Å². The van der Waals surface area contributed by atoms with Gasteiger partial charge in [0.2, 0.25) is 17.5 Å². The fraction of sp³-hybridized carbons (Fsp3) is 0.333. The number of hydrogen-bond donors (Lipinski definition) is 1. The summed E-state index contributed by atoms with van der Waals surface area (Å²) >= 11 is 0. The largest absolute Gasteiger partial charge is 0.339 e. The molecule has 2 N–H and O–H groups in total. The summed E-state index contributed by atoms with van der Waals surface area (Å²) in [6, 6.07) is 1.73. The molecule has 1 atom stereocenters. The summed E-state index contributed by atoms with van der Waals surface area (Å²) in [5.41, 5.74) is 5.49. The molecule has 0 bridgehead atoms. The second kappa shape index (κ2) is 4.14. The number of aromatic nitrogens is 4. The van der Waals surface area contributed by atoms with Crippen molar-refractivity contribution in [1.82, 2.24) is 20.1 Å². The highest BCUT2D eigenvalue weighted by molar-refractivity contribution is 5.40. The van der Waals surface area contributed by atoms with Crippen molar-refractivity contribution >= 4 is 0 Å². The van der Waals surface area contributed by atoms with Crippen LogP contribution in [0.2, 0.25) is 0 Å². The monoisotopic (exact) mass is 205 g/mol. The Morgan fingerprint density at radius 3 is 2.73 bits per heavy atom. The molecule has 1 unspecified atom stereocenters. The fourth-order valence-electron chi connectivity index (χ4n) is 1.04. The van der Waals surface area contributed by atoms with E-state index in [4.69, 9.17) is 10.3 Å². The predicted octanol–water partition coefficient (Wildman–Crippen LogP) is 0.589. The Labute approximate surface area is 86.5 Å². The summed E-state index contributed by atoms with van der Waals surface area (Å²) < 4.78 is 5.05. The molecule has 15 heavy (non-hydrogen) atoms. The van der Waals surface area contributed by atoms with Crippen molar-refractivity contribution in [3.8, 4) is 11.6 Å². The summed E-state index contributed by atoms with van der Waals surface area (Å²) in [4.78, 5) is 12.2. The van der Waals surface area contributed by atoms with Gasteiger partial charge in [0.05, 0.1) is 0 Å². The number of nitrogens with zero attached hydrogens (tertiary/aromatic N) is 4. The maximum atomic E-state index is 5.49. The average molecular weight is 205 g/mol. The van der Waals surface area contributed by atoms with Crippen molar-refractivity contribution in [2.24, 2.45) is 5.73 Å². The summed E-state index contributed by atoms with van der Waals surface area (Å²) in [6.07, 6.45) is 3.26. The summed E-state index contributed by atoms with van der Waals surface area (Å²) in [6.45, 7) is 2.39. The molecule has 0 saturated heterocycles. The lowest BCUT2D eigenvalue weighted by Gasteiger charge is -1.98. The first kappa shape index (κ1) is 9.72. The van der Waals surface area contributed by atoms with Gasteiger partial charge in [-0.15, -0.1) is 0 Å². The van der Waals surface area contributed by atoms with Crippen LogP contribution in [0, 0.1) is 0 Å². The van der Waals surface area contributed by atoms with Gasteiger partial charge in [-0.05, 0) is 6.07 Å². The zero-order valence-electron chi connectivity index (χ0n) is 8.29. The van der Waals surface area contributed by atoms with Crippen LogP contribution < -0.4 is 5.73 Å². The lowest BCUT2D eigenvalue weighted by molar-refractivity contribution is 0.361. The maximum Gasteiger partial charge on any atom is 0.240 e. The summed E-state index contributed by atoms with van der Waals surface area (Å²) in [5.74, 6) is 1.41. The molecule has 2 rings (SSSR count). The van der Waals surface area contributed by atoms with Crippen LogP contribution >= 0.6 is 0 Å². The van der Waals surface area contributed by atoms with E-state index in [2.05, 4.69) is 20.1 Å². The van der Waals surface area contributed by atoms with E-state index in [-0.39, 0.29) is 5.92 Å². The third-order valence-corrected chi connectivity index (χ3v) is 1.98. The van der Waals surface area contributed by atoms with Crippen LogP contribution in [0.15, 0.2) is 23.0 Å². The minimum atomic E-state index is 0.0509. The number of nitrogens with two attached hydrogens (primary N) is 1. The van der Waals surface area contributed by atoms with Gasteiger partial charge in [-0.3, -0.25) is 0 Å². The Kier molecular flexibility index (Phi) is 2.68. The van der Waals surface area contributed by atoms with Crippen molar-refractivity contribution in [3.05, 3.63) is 24.4 Å². The Hall–Kier alpha value is -1.82. The molecule has 0 aliphatic carbocycles. The van der Waals surface area contributed by atoms with Gasteiger partial charge >= 0.3 is 0 Å². The SMILES string of the molecule is CC(CN)c1nc(-c2ncccn2)no1. The third-order valence-electron chi connectivity index (χ3n) is 1.98. The molecule has 0 amide bonds. The topological polar surface area (TPSA) is 90.7 Å². The Morgan fingerprint density at radius 1 is 1.33 bits per heavy atom. The second-order valence-corrected chi connectivity index (χ2v) is 3.17. The van der Waals surface area contributed by atoms with Crippen LogP contribution in [-0.4, -0.2) is 26.7 Å². The first-order chi connectivity index (χ1) is 7.31. The zero-order valence-corrected chi connectivity index (χ0v) is 8.29. The first-order valence-corrected chi connectivity index (χ1v) is 4.62. The molecule has 0 aliphatic heterocycles. The van der Waals surface area contributed by atoms with E-state index in [0.717, 1.165) is 0 Å². The van der Waals surface area contributed by atoms with Gasteiger partial charge in [-0.2, -0.15) is 4.98 Å². The number of rotatable bonds is 3. The van der Waals surface area contributed by atoms with Gasteiger partial charge in [0.15, 0.2) is 0 Å². The number of hydrogen-bond acceptors (Lipinski definition) is 6. The van der Waals surface area contributed by atoms with Gasteiger partial charge in [0.25, 0.3) is 0 Å². The molecule has 6 heteroatoms. The van der Waals surface area contributed by atoms with E-state index < -0.39 is 0 Å². The quantitative estimate of drug-likeness (QED) is 0.788. The molecule has 6 nitrogen and oxygen atoms in total. The van der Waals surface area contributed by atoms with Gasteiger partial charge in [0.1, 0.15) is 0 Å². The minimum absolute atomic E-state index is 0.0509. The van der Waals surface area contributed by atoms with Crippen molar-refractivity contribution in [3.63, 3.8) is 0 Å². The van der Waals surface area contributed by atoms with Crippen LogP contribution in [0.25, 0.3) is 11.6 Å². The van der Waals surface area contributed by atoms with E-state index in [1.54, 1.807) is 18.5 Å². The van der Waals surface area contributed by atoms with E-state index in [0.29, 0.717) is 24.1 Å². The third kappa shape index (κ3) is 1.99. The van der Waals surface area contributed by atoms with Crippen molar-refractivity contribution in [2.75, 3.05) is 6.54 Å². The van der Waals surface area contributed by atoms with Crippen LogP contribution in [0.5, 0.6) is 0 Å². The van der Waals surface area contributed by atoms with Crippen LogP contribution in [0.4, 0.5) is 0 Å². The predicted molar refractivity (Wildman–Crippen MR) is 52.8 cm³/mol. The van der Waals surface area contributed by atoms with E-state index in [1.807, 2.05) is 6.92 Å². The lowest BCUT2D eigenvalue weighted by atomic mass is 10.2. The Morgan fingerprint density at radius 2 is 2.07 bits per heavy atom. The lowest BCUT2D eigenvalue weighted by Crippen LogP contribution is -2.09. The molecular formula is C9H11N5O. The molecule has 2 heterocycles. The average Bonchev–Trinajstić information content (AvgIpc) is 2.78. The highest BCUT2D eigenvalue weighted by Crippen LogP contribution is 2.15. The van der Waals surface area contributed by atoms with E-state index >= 15 is 0 Å². The molecule has 0 aromatic carbocycles. The van der Waals surface area contributed by atoms with Gasteiger partial charge < -0.3 is 10.3 Å². The molecule has 0 aliphatic rings. The molecular weight excluding hydrogens is 194 g/mol. The van der Waals surface area contributed by atoms with Crippen LogP contribution in [0.1, 0.15) is 18.7 Å². The highest BCUT2D eigenvalue weighted by Gasteiger charge is 2.14. The molecule has 0 fully saturated rings. The van der Waals surface area contributed by atoms with Crippen LogP contribution in [0.3, 0.4) is 0 Å². The van der Waals surface area contributed by atoms with Gasteiger partial charge in [-0.1, -0.05) is 12.1 Å². The van der Waals surface area contributed by atoms with Crippen LogP contribution in [-0.2, 0) is 0 Å². The molecule has 78 valence electrons. The smallest absolute Gasteiger partial charge is 0.240 e. The summed E-state index contributed by atoms with van der Waals surface area (Å²) in [5, 5.41) is 3.79. The summed E-state index contributed by atoms with van der Waals surface area (Å²) in [7, 11) is 0. The zero-order chi connectivity index (χ0) is 10.7. The maximum absolute atomic E-state index is 5.49. The minimum Gasteiger partial charge on any atom is -0.339 e. The van der Waals surface area contributed by atoms with E-state index in [1.165, 1.54) is 0 Å². The Bertz CT molecular complexity index is 427. The fourth-order valence-corrected chi connectivity index (χ4v) is 1.04. The Balaban J connectivity index is 2.28. The van der Waals surface area contributed by atoms with Crippen molar-refractivity contribution in [2.45, 2.75) is 12.8 Å². The highest BCUT2D eigenvalue weighted by atomic mass is 16.5. The first-order valence-electron chi connectivity index (χ1n) is 4.62. The van der Waals surface area contributed by atoms with Gasteiger partial charge in [-0.25, -0.2) is 9.97 Å². The van der Waals surface area contributed by atoms with Crippen molar-refractivity contribution in [1.29, 1.82) is 0 Å².